The Morgan fingerprint density at radius 3 is 0.789 bits per heavy atom. The van der Waals surface area contributed by atoms with Crippen molar-refractivity contribution in [1.29, 1.82) is 0 Å². The summed E-state index contributed by atoms with van der Waals surface area (Å²) in [4.78, 5) is 72.6. The maximum absolute atomic E-state index is 13.0. The quantitative estimate of drug-likeness (QED) is 0.0222. The fourth-order valence-corrected chi connectivity index (χ4v) is 12.2. The van der Waals surface area contributed by atoms with Crippen LogP contribution in [0.15, 0.2) is 0 Å². The summed E-state index contributed by atoms with van der Waals surface area (Å²) in [7, 11) is -9.90. The lowest BCUT2D eigenvalue weighted by Gasteiger charge is -2.21. The number of hydrogen-bond acceptors (Lipinski definition) is 15. The monoisotopic (exact) mass is 1320 g/mol. The normalized spacial score (nSPS) is 14.6. The highest BCUT2D eigenvalue weighted by atomic mass is 31.2. The summed E-state index contributed by atoms with van der Waals surface area (Å²) in [6.07, 6.45) is 43.1. The second-order valence-corrected chi connectivity index (χ2v) is 30.2. The van der Waals surface area contributed by atoms with E-state index in [1.807, 2.05) is 0 Å². The van der Waals surface area contributed by atoms with E-state index in [2.05, 4.69) is 55.4 Å². The largest absolute Gasteiger partial charge is 0.472 e. The molecule has 0 heterocycles. The molecule has 0 aromatic heterocycles. The first kappa shape index (κ1) is 88.1. The average molecular weight is 1330 g/mol. The van der Waals surface area contributed by atoms with Crippen LogP contribution in [0.3, 0.4) is 0 Å². The van der Waals surface area contributed by atoms with Gasteiger partial charge in [0.2, 0.25) is 0 Å². The van der Waals surface area contributed by atoms with Crippen LogP contribution in [0.25, 0.3) is 0 Å². The van der Waals surface area contributed by atoms with Crippen LogP contribution in [-0.2, 0) is 65.4 Å². The number of hydrogen-bond donors (Lipinski definition) is 3. The van der Waals surface area contributed by atoms with E-state index >= 15 is 0 Å². The van der Waals surface area contributed by atoms with Gasteiger partial charge in [0.25, 0.3) is 0 Å². The van der Waals surface area contributed by atoms with Crippen molar-refractivity contribution in [3.8, 4) is 0 Å². The van der Waals surface area contributed by atoms with E-state index in [0.717, 1.165) is 114 Å². The van der Waals surface area contributed by atoms with Crippen molar-refractivity contribution in [1.82, 2.24) is 0 Å². The molecule has 0 aromatic carbocycles. The molecule has 4 unspecified atom stereocenters. The highest BCUT2D eigenvalue weighted by molar-refractivity contribution is 7.47. The minimum atomic E-state index is -4.95. The molecule has 0 aliphatic heterocycles. The molecule has 0 aromatic rings. The van der Waals surface area contributed by atoms with Crippen LogP contribution >= 0.6 is 15.6 Å². The molecule has 534 valence electrons. The van der Waals surface area contributed by atoms with Gasteiger partial charge in [-0.05, 0) is 49.4 Å². The third-order valence-electron chi connectivity index (χ3n) is 16.7. The van der Waals surface area contributed by atoms with Gasteiger partial charge in [-0.25, -0.2) is 9.13 Å². The molecule has 0 amide bonds. The molecule has 3 N–H and O–H groups in total. The van der Waals surface area contributed by atoms with Crippen molar-refractivity contribution >= 4 is 39.5 Å². The Balaban J connectivity index is 5.26. The fraction of sp³-hybridized carbons (Fsp3) is 0.944. The average Bonchev–Trinajstić information content (AvgIpc) is 2.71. The van der Waals surface area contributed by atoms with Gasteiger partial charge < -0.3 is 33.8 Å². The van der Waals surface area contributed by atoms with Crippen LogP contribution in [0.2, 0.25) is 0 Å². The summed E-state index contributed by atoms with van der Waals surface area (Å²) in [6, 6.07) is 0. The van der Waals surface area contributed by atoms with Crippen molar-refractivity contribution in [2.24, 2.45) is 23.7 Å². The van der Waals surface area contributed by atoms with Crippen LogP contribution in [0.4, 0.5) is 0 Å². The van der Waals surface area contributed by atoms with Gasteiger partial charge in [-0.1, -0.05) is 299 Å². The highest BCUT2D eigenvalue weighted by Crippen LogP contribution is 2.45. The van der Waals surface area contributed by atoms with Gasteiger partial charge in [0.05, 0.1) is 26.4 Å². The molecule has 0 saturated heterocycles. The van der Waals surface area contributed by atoms with Crippen molar-refractivity contribution in [3.63, 3.8) is 0 Å². The van der Waals surface area contributed by atoms with E-state index in [9.17, 15) is 43.2 Å². The summed E-state index contributed by atoms with van der Waals surface area (Å²) < 4.78 is 68.3. The van der Waals surface area contributed by atoms with Crippen LogP contribution < -0.4 is 0 Å². The minimum Gasteiger partial charge on any atom is -0.462 e. The Hall–Kier alpha value is -1.94. The Morgan fingerprint density at radius 1 is 0.311 bits per heavy atom. The molecule has 0 aliphatic carbocycles. The van der Waals surface area contributed by atoms with Gasteiger partial charge >= 0.3 is 39.5 Å². The predicted molar refractivity (Wildman–Crippen MR) is 363 cm³/mol. The van der Waals surface area contributed by atoms with Gasteiger partial charge in [0, 0.05) is 25.7 Å². The minimum absolute atomic E-state index is 0.102. The van der Waals surface area contributed by atoms with Crippen molar-refractivity contribution < 1.29 is 80.2 Å². The molecule has 0 radical (unpaired) electrons. The van der Waals surface area contributed by atoms with Crippen molar-refractivity contribution in [3.05, 3.63) is 0 Å². The Morgan fingerprint density at radius 2 is 0.533 bits per heavy atom. The molecule has 90 heavy (non-hydrogen) atoms. The zero-order chi connectivity index (χ0) is 66.8. The molecule has 17 nitrogen and oxygen atoms in total. The number of rotatable bonds is 68. The van der Waals surface area contributed by atoms with E-state index in [0.29, 0.717) is 25.7 Å². The standard InChI is InChI=1S/C71H138O17P2/c1-9-64(8)50-42-34-29-30-38-46-54-71(76)88-67(58-82-69(74)52-44-36-27-22-21-25-33-41-49-63(6)7)60-86-90(79,80)84-56-65(72)55-83-89(77,78)85-59-66(57-81-68(73)51-43-35-26-19-16-12-14-18-24-32-40-48-62(4)5)87-70(75)53-45-37-28-20-15-11-10-13-17-23-31-39-47-61(2)3/h61-67,72H,9-60H2,1-8H3,(H,77,78)(H,79,80)/t64?,65?,66-,67-/m1/s1. The van der Waals surface area contributed by atoms with Crippen molar-refractivity contribution in [2.75, 3.05) is 39.6 Å². The lowest BCUT2D eigenvalue weighted by molar-refractivity contribution is -0.161. The number of ether oxygens (including phenoxy) is 4. The van der Waals surface area contributed by atoms with Crippen molar-refractivity contribution in [2.45, 2.75) is 369 Å². The molecule has 0 saturated carbocycles. The number of esters is 4. The van der Waals surface area contributed by atoms with E-state index in [-0.39, 0.29) is 25.7 Å². The predicted octanol–water partition coefficient (Wildman–Crippen LogP) is 20.1. The van der Waals surface area contributed by atoms with Gasteiger partial charge in [0.15, 0.2) is 12.2 Å². The Kier molecular flexibility index (Phi) is 59.4. The zero-order valence-electron chi connectivity index (χ0n) is 58.8. The summed E-state index contributed by atoms with van der Waals surface area (Å²) in [5.74, 6) is 0.864. The Bertz CT molecular complexity index is 1780. The lowest BCUT2D eigenvalue weighted by atomic mass is 10.00. The van der Waals surface area contributed by atoms with Gasteiger partial charge in [0.1, 0.15) is 19.3 Å². The topological polar surface area (TPSA) is 237 Å². The molecule has 0 rings (SSSR count). The first-order chi connectivity index (χ1) is 43.1. The van der Waals surface area contributed by atoms with Gasteiger partial charge in [-0.2, -0.15) is 0 Å². The number of aliphatic hydroxyl groups is 1. The number of phosphoric acid groups is 2. The summed E-state index contributed by atoms with van der Waals surface area (Å²) in [6.45, 7) is 14.1. The maximum atomic E-state index is 13.0. The number of unbranched alkanes of at least 4 members (excludes halogenated alkanes) is 33. The second kappa shape index (κ2) is 60.7. The molecule has 0 aliphatic rings. The SMILES string of the molecule is CCC(C)CCCCCCCCC(=O)O[C@H](COC(=O)CCCCCCCCCCC(C)C)COP(=O)(O)OCC(O)COP(=O)(O)OC[C@@H](COC(=O)CCCCCCCCCCCCCC(C)C)OC(=O)CCCCCCCCCCCCCCC(C)C. The number of phosphoric ester groups is 2. The molecule has 0 bridgehead atoms. The van der Waals surface area contributed by atoms with Gasteiger partial charge in [-0.15, -0.1) is 0 Å². The third kappa shape index (κ3) is 63.5. The highest BCUT2D eigenvalue weighted by Gasteiger charge is 2.30. The van der Waals surface area contributed by atoms with Crippen LogP contribution in [0, 0.1) is 23.7 Å². The van der Waals surface area contributed by atoms with Crippen LogP contribution in [0.5, 0.6) is 0 Å². The van der Waals surface area contributed by atoms with Crippen LogP contribution in [-0.4, -0.2) is 96.7 Å². The zero-order valence-corrected chi connectivity index (χ0v) is 60.6. The van der Waals surface area contributed by atoms with E-state index < -0.39 is 97.5 Å². The fourth-order valence-electron chi connectivity index (χ4n) is 10.6. The van der Waals surface area contributed by atoms with E-state index in [4.69, 9.17) is 37.0 Å². The first-order valence-electron chi connectivity index (χ1n) is 36.7. The van der Waals surface area contributed by atoms with Crippen LogP contribution in [0.1, 0.15) is 351 Å². The number of carbonyl (C=O) groups excluding carboxylic acids is 4. The summed E-state index contributed by atoms with van der Waals surface area (Å²) in [5.41, 5.74) is 0. The second-order valence-electron chi connectivity index (χ2n) is 27.3. The summed E-state index contributed by atoms with van der Waals surface area (Å²) >= 11 is 0. The first-order valence-corrected chi connectivity index (χ1v) is 39.7. The Labute approximate surface area is 549 Å². The number of carbonyl (C=O) groups is 4. The maximum Gasteiger partial charge on any atom is 0.472 e. The van der Waals surface area contributed by atoms with E-state index in [1.165, 1.54) is 154 Å². The van der Waals surface area contributed by atoms with E-state index in [1.54, 1.807) is 0 Å². The molecule has 0 fully saturated rings. The molecular weight excluding hydrogens is 1190 g/mol. The smallest absolute Gasteiger partial charge is 0.462 e. The van der Waals surface area contributed by atoms with Gasteiger partial charge in [-0.3, -0.25) is 37.3 Å². The lowest BCUT2D eigenvalue weighted by Crippen LogP contribution is -2.30. The number of aliphatic hydroxyl groups excluding tert-OH is 1. The molecule has 0 spiro atoms. The summed E-state index contributed by atoms with van der Waals surface area (Å²) in [5, 5.41) is 10.6. The molecule has 19 heteroatoms. The third-order valence-corrected chi connectivity index (χ3v) is 18.6. The molecule has 6 atom stereocenters. The molecular formula is C71H138O17P2.